The van der Waals surface area contributed by atoms with Gasteiger partial charge in [-0.2, -0.15) is 0 Å². The molecule has 33 heavy (non-hydrogen) atoms. The number of hydrogen-bond donors (Lipinski definition) is 2. The van der Waals surface area contributed by atoms with Gasteiger partial charge in [0.1, 0.15) is 11.5 Å². The minimum Gasteiger partial charge on any atom is -0.382 e. The fourth-order valence-electron chi connectivity index (χ4n) is 4.84. The minimum atomic E-state index is -0.215. The Labute approximate surface area is 194 Å². The predicted molar refractivity (Wildman–Crippen MR) is 131 cm³/mol. The van der Waals surface area contributed by atoms with Crippen molar-refractivity contribution in [1.82, 2.24) is 24.4 Å². The van der Waals surface area contributed by atoms with Gasteiger partial charge in [0.05, 0.1) is 11.0 Å². The van der Waals surface area contributed by atoms with Crippen LogP contribution in [0, 0.1) is 5.41 Å². The molecule has 1 aliphatic rings. The number of amidine groups is 1. The number of hydrogen-bond acceptors (Lipinski definition) is 6. The molecule has 0 amide bonds. The van der Waals surface area contributed by atoms with Crippen molar-refractivity contribution in [3.63, 3.8) is 0 Å². The van der Waals surface area contributed by atoms with Crippen LogP contribution >= 0.6 is 0 Å². The van der Waals surface area contributed by atoms with Gasteiger partial charge in [-0.05, 0) is 64.3 Å². The number of rotatable bonds is 8. The van der Waals surface area contributed by atoms with Crippen molar-refractivity contribution >= 4 is 16.9 Å². The molecule has 4 rings (SSSR count). The molecular weight excluding hydrogens is 414 g/mol. The zero-order valence-electron chi connectivity index (χ0n) is 19.5. The summed E-state index contributed by atoms with van der Waals surface area (Å²) in [5, 5.41) is 7.63. The molecule has 0 aliphatic carbocycles. The lowest BCUT2D eigenvalue weighted by molar-refractivity contribution is 0.101. The van der Waals surface area contributed by atoms with Gasteiger partial charge < -0.3 is 10.3 Å². The summed E-state index contributed by atoms with van der Waals surface area (Å²) in [6.45, 7) is 6.41. The van der Waals surface area contributed by atoms with E-state index in [0.717, 1.165) is 36.8 Å². The van der Waals surface area contributed by atoms with Gasteiger partial charge in [-0.1, -0.05) is 25.0 Å². The summed E-state index contributed by atoms with van der Waals surface area (Å²) in [5.41, 5.74) is 7.36. The van der Waals surface area contributed by atoms with Gasteiger partial charge in [0.25, 0.3) is 5.56 Å². The van der Waals surface area contributed by atoms with Crippen LogP contribution in [0.15, 0.2) is 41.3 Å². The highest BCUT2D eigenvalue weighted by Crippen LogP contribution is 2.23. The molecule has 0 unspecified atom stereocenters. The van der Waals surface area contributed by atoms with Crippen LogP contribution in [-0.4, -0.2) is 48.9 Å². The quantitative estimate of drug-likeness (QED) is 0.310. The number of unbranched alkanes of at least 4 members (excludes halogenated alkanes) is 2. The second-order valence-electron chi connectivity index (χ2n) is 9.01. The minimum absolute atomic E-state index is 0.169. The van der Waals surface area contributed by atoms with Crippen LogP contribution in [0.4, 0.5) is 0 Å². The van der Waals surface area contributed by atoms with Gasteiger partial charge in [-0.15, -0.1) is 0 Å². The molecule has 8 heteroatoms. The molecule has 2 atom stereocenters. The Balaban J connectivity index is 1.52. The number of likely N-dealkylation sites (tertiary alicyclic amines) is 1. The molecule has 174 valence electrons. The third-order valence-corrected chi connectivity index (χ3v) is 6.67. The SMILES string of the molecule is C[C@@H]1CCC[C@H](C)N1CCCCCn1c(=O)c(-c2nccc(C(=N)N)n2)nc2ccccc21. The van der Waals surface area contributed by atoms with E-state index in [-0.39, 0.29) is 28.6 Å². The van der Waals surface area contributed by atoms with Crippen LogP contribution in [0.3, 0.4) is 0 Å². The first-order chi connectivity index (χ1) is 16.0. The number of piperidine rings is 1. The Morgan fingerprint density at radius 1 is 1.06 bits per heavy atom. The number of nitrogen functional groups attached to an aromatic ring is 1. The Hall–Kier alpha value is -3.13. The molecule has 0 bridgehead atoms. The number of benzene rings is 1. The second kappa shape index (κ2) is 10.2. The summed E-state index contributed by atoms with van der Waals surface area (Å²) in [4.78, 5) is 29.1. The van der Waals surface area contributed by atoms with E-state index in [2.05, 4.69) is 33.7 Å². The van der Waals surface area contributed by atoms with Crippen molar-refractivity contribution in [3.8, 4) is 11.5 Å². The smallest absolute Gasteiger partial charge is 0.280 e. The third kappa shape index (κ3) is 5.11. The Kier molecular flexibility index (Phi) is 7.13. The molecule has 8 nitrogen and oxygen atoms in total. The fourth-order valence-corrected chi connectivity index (χ4v) is 4.84. The molecule has 1 aliphatic heterocycles. The van der Waals surface area contributed by atoms with E-state index in [1.807, 2.05) is 24.3 Å². The van der Waals surface area contributed by atoms with Crippen molar-refractivity contribution in [2.24, 2.45) is 5.73 Å². The standard InChI is InChI=1S/C25H33N7O/c1-17-9-8-10-18(2)31(17)15-6-3-7-16-32-21-12-5-4-11-19(21)29-22(25(32)33)24-28-14-13-20(30-24)23(26)27/h4-5,11-14,17-18H,3,6-10,15-16H2,1-2H3,(H3,26,27)/t17-,18+. The molecule has 1 saturated heterocycles. The van der Waals surface area contributed by atoms with Crippen LogP contribution in [0.2, 0.25) is 0 Å². The van der Waals surface area contributed by atoms with Crippen LogP contribution in [-0.2, 0) is 6.54 Å². The lowest BCUT2D eigenvalue weighted by Gasteiger charge is -2.39. The zero-order valence-corrected chi connectivity index (χ0v) is 19.5. The molecular formula is C25H33N7O. The summed E-state index contributed by atoms with van der Waals surface area (Å²) in [5.74, 6) is 0.0254. The molecule has 3 heterocycles. The number of fused-ring (bicyclic) bond motifs is 1. The van der Waals surface area contributed by atoms with Crippen LogP contribution in [0.5, 0.6) is 0 Å². The predicted octanol–water partition coefficient (Wildman–Crippen LogP) is 3.57. The summed E-state index contributed by atoms with van der Waals surface area (Å²) in [6.07, 6.45) is 8.52. The van der Waals surface area contributed by atoms with Gasteiger partial charge in [0.2, 0.25) is 0 Å². The monoisotopic (exact) mass is 447 g/mol. The number of nitrogens with one attached hydrogen (secondary N) is 1. The molecule has 2 aromatic heterocycles. The molecule has 0 radical (unpaired) electrons. The maximum atomic E-state index is 13.4. The highest BCUT2D eigenvalue weighted by molar-refractivity contribution is 5.93. The zero-order chi connectivity index (χ0) is 23.4. The van der Waals surface area contributed by atoms with Crippen molar-refractivity contribution in [1.29, 1.82) is 5.41 Å². The summed E-state index contributed by atoms with van der Waals surface area (Å²) in [6, 6.07) is 10.5. The van der Waals surface area contributed by atoms with Crippen molar-refractivity contribution < 1.29 is 0 Å². The molecule has 0 saturated carbocycles. The summed E-state index contributed by atoms with van der Waals surface area (Å²) < 4.78 is 1.79. The largest absolute Gasteiger partial charge is 0.382 e. The van der Waals surface area contributed by atoms with E-state index < -0.39 is 0 Å². The number of nitrogens with zero attached hydrogens (tertiary/aromatic N) is 5. The van der Waals surface area contributed by atoms with E-state index in [1.165, 1.54) is 25.5 Å². The average Bonchev–Trinajstić information content (AvgIpc) is 2.81. The van der Waals surface area contributed by atoms with Crippen molar-refractivity contribution in [2.45, 2.75) is 71.0 Å². The maximum Gasteiger partial charge on any atom is 0.280 e. The van der Waals surface area contributed by atoms with E-state index in [9.17, 15) is 4.79 Å². The first-order valence-corrected chi connectivity index (χ1v) is 11.9. The molecule has 1 aromatic carbocycles. The highest BCUT2D eigenvalue weighted by Gasteiger charge is 2.23. The second-order valence-corrected chi connectivity index (χ2v) is 9.01. The number of aromatic nitrogens is 4. The third-order valence-electron chi connectivity index (χ3n) is 6.67. The molecule has 3 aromatic rings. The first-order valence-electron chi connectivity index (χ1n) is 11.9. The lowest BCUT2D eigenvalue weighted by Crippen LogP contribution is -2.44. The first kappa shape index (κ1) is 23.0. The highest BCUT2D eigenvalue weighted by atomic mass is 16.1. The average molecular weight is 448 g/mol. The van der Waals surface area contributed by atoms with Gasteiger partial charge in [-0.3, -0.25) is 15.1 Å². The van der Waals surface area contributed by atoms with E-state index in [1.54, 1.807) is 10.6 Å². The van der Waals surface area contributed by atoms with Gasteiger partial charge in [-0.25, -0.2) is 15.0 Å². The van der Waals surface area contributed by atoms with Crippen LogP contribution < -0.4 is 11.3 Å². The Morgan fingerprint density at radius 2 is 1.79 bits per heavy atom. The molecule has 0 spiro atoms. The lowest BCUT2D eigenvalue weighted by atomic mass is 9.97. The van der Waals surface area contributed by atoms with Crippen molar-refractivity contribution in [3.05, 3.63) is 52.6 Å². The van der Waals surface area contributed by atoms with Crippen molar-refractivity contribution in [2.75, 3.05) is 6.54 Å². The van der Waals surface area contributed by atoms with E-state index >= 15 is 0 Å². The molecule has 3 N–H and O–H groups in total. The Morgan fingerprint density at radius 3 is 2.55 bits per heavy atom. The topological polar surface area (TPSA) is 114 Å². The fraction of sp³-hybridized carbons (Fsp3) is 0.480. The normalized spacial score (nSPS) is 19.1. The van der Waals surface area contributed by atoms with Gasteiger partial charge in [0, 0.05) is 24.8 Å². The number of para-hydroxylation sites is 2. The van der Waals surface area contributed by atoms with Gasteiger partial charge >= 0.3 is 0 Å². The van der Waals surface area contributed by atoms with Gasteiger partial charge in [0.15, 0.2) is 11.5 Å². The van der Waals surface area contributed by atoms with E-state index in [0.29, 0.717) is 18.6 Å². The molecule has 1 fully saturated rings. The number of nitrogens with two attached hydrogens (primary N) is 1. The summed E-state index contributed by atoms with van der Waals surface area (Å²) >= 11 is 0. The maximum absolute atomic E-state index is 13.4. The Bertz CT molecular complexity index is 1180. The van der Waals surface area contributed by atoms with Crippen LogP contribution in [0.1, 0.15) is 58.1 Å². The number of aryl methyl sites for hydroxylation is 1. The van der Waals surface area contributed by atoms with E-state index in [4.69, 9.17) is 11.1 Å². The van der Waals surface area contributed by atoms with Crippen LogP contribution in [0.25, 0.3) is 22.6 Å². The summed E-state index contributed by atoms with van der Waals surface area (Å²) in [7, 11) is 0.